The van der Waals surface area contributed by atoms with E-state index < -0.39 is 11.6 Å². The third kappa shape index (κ3) is 3.45. The lowest BCUT2D eigenvalue weighted by atomic mass is 9.84. The Labute approximate surface area is 185 Å². The Kier molecular flexibility index (Phi) is 5.19. The van der Waals surface area contributed by atoms with Crippen molar-refractivity contribution in [2.24, 2.45) is 5.92 Å². The molecular weight excluding hydrogens is 413 g/mol. The highest BCUT2D eigenvalue weighted by atomic mass is 19.1. The summed E-state index contributed by atoms with van der Waals surface area (Å²) in [6.07, 6.45) is 6.69. The van der Waals surface area contributed by atoms with Crippen LogP contribution in [0.2, 0.25) is 0 Å². The SMILES string of the molecule is COC(=O)N1Cc2nnc(-c3ccc(F)cc3)n2C2(CCN(C(=O)C3CC=CC3)CC2)C1. The topological polar surface area (TPSA) is 80.6 Å². The van der Waals surface area contributed by atoms with Gasteiger partial charge < -0.3 is 14.2 Å². The van der Waals surface area contributed by atoms with Crippen molar-refractivity contribution >= 4 is 12.0 Å². The summed E-state index contributed by atoms with van der Waals surface area (Å²) in [5.41, 5.74) is 0.311. The van der Waals surface area contributed by atoms with E-state index in [0.29, 0.717) is 50.7 Å². The van der Waals surface area contributed by atoms with E-state index in [1.165, 1.54) is 19.2 Å². The molecule has 1 saturated heterocycles. The van der Waals surface area contributed by atoms with Crippen molar-refractivity contribution in [2.45, 2.75) is 37.8 Å². The van der Waals surface area contributed by atoms with Crippen LogP contribution >= 0.6 is 0 Å². The van der Waals surface area contributed by atoms with Gasteiger partial charge in [-0.05, 0) is 49.9 Å². The van der Waals surface area contributed by atoms with Gasteiger partial charge in [-0.2, -0.15) is 0 Å². The fourth-order valence-corrected chi connectivity index (χ4v) is 5.22. The fourth-order valence-electron chi connectivity index (χ4n) is 5.22. The molecule has 3 aliphatic rings. The Hall–Kier alpha value is -3.23. The van der Waals surface area contributed by atoms with Gasteiger partial charge in [-0.3, -0.25) is 9.69 Å². The molecule has 32 heavy (non-hydrogen) atoms. The molecule has 2 amide bonds. The average Bonchev–Trinajstić information content (AvgIpc) is 3.50. The van der Waals surface area contributed by atoms with Crippen LogP contribution in [0.4, 0.5) is 9.18 Å². The number of piperidine rings is 1. The number of fused-ring (bicyclic) bond motifs is 2. The van der Waals surface area contributed by atoms with Gasteiger partial charge >= 0.3 is 6.09 Å². The van der Waals surface area contributed by atoms with E-state index in [9.17, 15) is 14.0 Å². The zero-order valence-corrected chi connectivity index (χ0v) is 18.0. The van der Waals surface area contributed by atoms with Crippen molar-refractivity contribution in [3.8, 4) is 11.4 Å². The number of likely N-dealkylation sites (tertiary alicyclic amines) is 1. The minimum atomic E-state index is -0.459. The van der Waals surface area contributed by atoms with E-state index >= 15 is 0 Å². The third-order valence-electron chi connectivity index (χ3n) is 6.92. The number of carbonyl (C=O) groups is 2. The number of nitrogens with zero attached hydrogens (tertiary/aromatic N) is 5. The Morgan fingerprint density at radius 3 is 2.41 bits per heavy atom. The maximum atomic E-state index is 13.5. The van der Waals surface area contributed by atoms with Crippen molar-refractivity contribution in [1.29, 1.82) is 0 Å². The van der Waals surface area contributed by atoms with E-state index in [1.807, 2.05) is 4.90 Å². The molecule has 5 rings (SSSR count). The minimum absolute atomic E-state index is 0.0437. The highest BCUT2D eigenvalue weighted by Gasteiger charge is 2.46. The number of allylic oxidation sites excluding steroid dienone is 2. The molecule has 1 aromatic heterocycles. The molecule has 9 heteroatoms. The van der Waals surface area contributed by atoms with Crippen LogP contribution in [0.15, 0.2) is 36.4 Å². The van der Waals surface area contributed by atoms with E-state index in [-0.39, 0.29) is 17.6 Å². The molecule has 1 aromatic carbocycles. The van der Waals surface area contributed by atoms with Gasteiger partial charge in [-0.1, -0.05) is 12.2 Å². The largest absolute Gasteiger partial charge is 0.453 e. The molecule has 0 radical (unpaired) electrons. The van der Waals surface area contributed by atoms with Crippen molar-refractivity contribution < 1.29 is 18.7 Å². The molecule has 0 N–H and O–H groups in total. The third-order valence-corrected chi connectivity index (χ3v) is 6.92. The molecule has 8 nitrogen and oxygen atoms in total. The normalized spacial score (nSPS) is 19.9. The number of amides is 2. The van der Waals surface area contributed by atoms with Gasteiger partial charge in [-0.15, -0.1) is 10.2 Å². The van der Waals surface area contributed by atoms with Crippen molar-refractivity contribution in [3.63, 3.8) is 0 Å². The van der Waals surface area contributed by atoms with Crippen LogP contribution in [0.1, 0.15) is 31.5 Å². The molecule has 2 aliphatic heterocycles. The van der Waals surface area contributed by atoms with Crippen molar-refractivity contribution in [3.05, 3.63) is 48.1 Å². The number of benzene rings is 1. The number of ether oxygens (including phenoxy) is 1. The second-order valence-corrected chi connectivity index (χ2v) is 8.80. The molecule has 0 unspecified atom stereocenters. The number of hydrogen-bond acceptors (Lipinski definition) is 5. The lowest BCUT2D eigenvalue weighted by Gasteiger charge is -2.48. The van der Waals surface area contributed by atoms with Crippen molar-refractivity contribution in [2.75, 3.05) is 26.7 Å². The predicted octanol–water partition coefficient (Wildman–Crippen LogP) is 2.95. The Morgan fingerprint density at radius 1 is 1.06 bits per heavy atom. The number of halogens is 1. The summed E-state index contributed by atoms with van der Waals surface area (Å²) >= 11 is 0. The molecule has 2 aromatic rings. The summed E-state index contributed by atoms with van der Waals surface area (Å²) < 4.78 is 20.6. The zero-order valence-electron chi connectivity index (χ0n) is 18.0. The molecule has 1 fully saturated rings. The standard InChI is InChI=1S/C23H26FN5O3/c1-32-22(31)28-14-19-25-26-20(16-6-8-18(24)9-7-16)29(19)23(15-28)10-12-27(13-11-23)21(30)17-4-2-3-5-17/h2-3,6-9,17H,4-5,10-15H2,1H3. The summed E-state index contributed by atoms with van der Waals surface area (Å²) in [4.78, 5) is 28.9. The average molecular weight is 439 g/mol. The highest BCUT2D eigenvalue weighted by Crippen LogP contribution is 2.40. The van der Waals surface area contributed by atoms with Crippen LogP contribution in [0.25, 0.3) is 11.4 Å². The van der Waals surface area contributed by atoms with Crippen molar-refractivity contribution in [1.82, 2.24) is 24.6 Å². The fraction of sp³-hybridized carbons (Fsp3) is 0.478. The molecule has 168 valence electrons. The zero-order chi connectivity index (χ0) is 22.3. The van der Waals surface area contributed by atoms with E-state index in [4.69, 9.17) is 4.74 Å². The van der Waals surface area contributed by atoms with Gasteiger partial charge in [0.15, 0.2) is 11.6 Å². The number of hydrogen-bond donors (Lipinski definition) is 0. The predicted molar refractivity (Wildman–Crippen MR) is 114 cm³/mol. The molecule has 1 aliphatic carbocycles. The molecule has 1 spiro atoms. The first-order chi connectivity index (χ1) is 15.5. The van der Waals surface area contributed by atoms with Crippen LogP contribution in [-0.2, 0) is 21.6 Å². The number of carbonyl (C=O) groups excluding carboxylic acids is 2. The van der Waals surface area contributed by atoms with Crippen LogP contribution in [0, 0.1) is 11.7 Å². The summed E-state index contributed by atoms with van der Waals surface area (Å²) in [6, 6.07) is 6.20. The lowest BCUT2D eigenvalue weighted by molar-refractivity contribution is -0.137. The second kappa shape index (κ2) is 8.03. The lowest BCUT2D eigenvalue weighted by Crippen LogP contribution is -2.58. The van der Waals surface area contributed by atoms with Gasteiger partial charge in [0.2, 0.25) is 5.91 Å². The maximum absolute atomic E-state index is 13.5. The number of aromatic nitrogens is 3. The van der Waals surface area contributed by atoms with E-state index in [2.05, 4.69) is 26.9 Å². The molecule has 0 bridgehead atoms. The molecular formula is C23H26FN5O3. The van der Waals surface area contributed by atoms with Gasteiger partial charge in [-0.25, -0.2) is 9.18 Å². The summed E-state index contributed by atoms with van der Waals surface area (Å²) in [7, 11) is 1.37. The monoisotopic (exact) mass is 439 g/mol. The highest BCUT2D eigenvalue weighted by molar-refractivity contribution is 5.79. The van der Waals surface area contributed by atoms with Crippen LogP contribution < -0.4 is 0 Å². The second-order valence-electron chi connectivity index (χ2n) is 8.80. The van der Waals surface area contributed by atoms with Crippen LogP contribution in [0.3, 0.4) is 0 Å². The Morgan fingerprint density at radius 2 is 1.75 bits per heavy atom. The number of rotatable bonds is 2. The summed E-state index contributed by atoms with van der Waals surface area (Å²) in [6.45, 7) is 1.95. The Bertz CT molecular complexity index is 1050. The molecule has 0 atom stereocenters. The van der Waals surface area contributed by atoms with Gasteiger partial charge in [0.25, 0.3) is 0 Å². The first-order valence-corrected chi connectivity index (χ1v) is 11.0. The maximum Gasteiger partial charge on any atom is 0.409 e. The van der Waals surface area contributed by atoms with Crippen LogP contribution in [0.5, 0.6) is 0 Å². The smallest absolute Gasteiger partial charge is 0.409 e. The minimum Gasteiger partial charge on any atom is -0.453 e. The molecule has 3 heterocycles. The first-order valence-electron chi connectivity index (χ1n) is 11.0. The van der Waals surface area contributed by atoms with Crippen LogP contribution in [-0.4, -0.2) is 63.3 Å². The first kappa shape index (κ1) is 20.7. The van der Waals surface area contributed by atoms with Gasteiger partial charge in [0.1, 0.15) is 5.82 Å². The quantitative estimate of drug-likeness (QED) is 0.672. The van der Waals surface area contributed by atoms with E-state index in [1.54, 1.807) is 17.0 Å². The molecule has 0 saturated carbocycles. The summed E-state index contributed by atoms with van der Waals surface area (Å²) in [5.74, 6) is 1.26. The Balaban J connectivity index is 1.47. The van der Waals surface area contributed by atoms with E-state index in [0.717, 1.165) is 18.4 Å². The van der Waals surface area contributed by atoms with Gasteiger partial charge in [0, 0.05) is 31.1 Å². The van der Waals surface area contributed by atoms with Gasteiger partial charge in [0.05, 0.1) is 19.2 Å². The summed E-state index contributed by atoms with van der Waals surface area (Å²) in [5, 5.41) is 8.78. The number of methoxy groups -OCH3 is 1.